The van der Waals surface area contributed by atoms with Gasteiger partial charge in [-0.1, -0.05) is 19.1 Å². The van der Waals surface area contributed by atoms with E-state index < -0.39 is 9.84 Å². The summed E-state index contributed by atoms with van der Waals surface area (Å²) in [5.74, 6) is 0. The summed E-state index contributed by atoms with van der Waals surface area (Å²) in [5.41, 5.74) is 5.48. The molecule has 4 nitrogen and oxygen atoms in total. The molecule has 1 atom stereocenters. The lowest BCUT2D eigenvalue weighted by atomic mass is 9.77. The minimum Gasteiger partial charge on any atom is -0.372 e. The third-order valence-corrected chi connectivity index (χ3v) is 7.55. The van der Waals surface area contributed by atoms with Gasteiger partial charge >= 0.3 is 0 Å². The van der Waals surface area contributed by atoms with E-state index in [-0.39, 0.29) is 5.41 Å². The second kappa shape index (κ2) is 8.38. The van der Waals surface area contributed by atoms with Gasteiger partial charge < -0.3 is 4.90 Å². The Hall–Kier alpha value is -2.40. The zero-order chi connectivity index (χ0) is 22.1. The molecule has 1 unspecified atom stereocenters. The molecule has 0 aliphatic carbocycles. The standard InChI is InChI=1S/C25H33N2O2S/c1-7-25(4)22-18-21(30(6,28)29)15-16-23(22)26(5)24(25)17-12-19-10-13-20(14-11-19)27(8-2)9-3/h10-18H,7-9H2,1-6H3/q+1. The van der Waals surface area contributed by atoms with Crippen molar-refractivity contribution in [1.82, 2.24) is 0 Å². The van der Waals surface area contributed by atoms with Crippen molar-refractivity contribution in [3.8, 4) is 0 Å². The Labute approximate surface area is 181 Å². The summed E-state index contributed by atoms with van der Waals surface area (Å²) in [5, 5.41) is 0. The van der Waals surface area contributed by atoms with Crippen LogP contribution in [0.1, 0.15) is 45.2 Å². The van der Waals surface area contributed by atoms with E-state index in [2.05, 4.69) is 80.6 Å². The van der Waals surface area contributed by atoms with Gasteiger partial charge in [-0.3, -0.25) is 0 Å². The van der Waals surface area contributed by atoms with E-state index in [0.29, 0.717) is 4.90 Å². The number of anilines is 1. The summed E-state index contributed by atoms with van der Waals surface area (Å²) < 4.78 is 26.4. The molecule has 160 valence electrons. The first kappa shape index (κ1) is 22.3. The van der Waals surface area contributed by atoms with Crippen LogP contribution in [0.3, 0.4) is 0 Å². The Morgan fingerprint density at radius 2 is 1.63 bits per heavy atom. The van der Waals surface area contributed by atoms with Crippen molar-refractivity contribution >= 4 is 33.0 Å². The summed E-state index contributed by atoms with van der Waals surface area (Å²) in [6.45, 7) is 10.7. The van der Waals surface area contributed by atoms with Crippen LogP contribution < -0.4 is 4.90 Å². The molecule has 1 aliphatic heterocycles. The van der Waals surface area contributed by atoms with E-state index >= 15 is 0 Å². The molecule has 0 bridgehead atoms. The monoisotopic (exact) mass is 425 g/mol. The van der Waals surface area contributed by atoms with E-state index in [1.807, 2.05) is 12.1 Å². The van der Waals surface area contributed by atoms with Crippen molar-refractivity contribution in [3.05, 3.63) is 59.7 Å². The summed E-state index contributed by atoms with van der Waals surface area (Å²) in [4.78, 5) is 2.71. The zero-order valence-electron chi connectivity index (χ0n) is 18.9. The van der Waals surface area contributed by atoms with Crippen LogP contribution in [-0.4, -0.2) is 45.1 Å². The van der Waals surface area contributed by atoms with E-state index in [1.165, 1.54) is 17.7 Å². The van der Waals surface area contributed by atoms with Gasteiger partial charge in [0.05, 0.1) is 10.3 Å². The predicted octanol–water partition coefficient (Wildman–Crippen LogP) is 5.05. The lowest BCUT2D eigenvalue weighted by Gasteiger charge is -2.21. The van der Waals surface area contributed by atoms with Gasteiger partial charge in [0.1, 0.15) is 7.05 Å². The molecular formula is C25H33N2O2S+. The van der Waals surface area contributed by atoms with Crippen molar-refractivity contribution in [3.63, 3.8) is 0 Å². The molecule has 0 fully saturated rings. The molecule has 0 spiro atoms. The minimum atomic E-state index is -3.24. The molecule has 0 amide bonds. The number of fused-ring (bicyclic) bond motifs is 1. The second-order valence-electron chi connectivity index (χ2n) is 8.18. The van der Waals surface area contributed by atoms with E-state index in [9.17, 15) is 8.42 Å². The topological polar surface area (TPSA) is 40.4 Å². The first-order chi connectivity index (χ1) is 14.2. The highest BCUT2D eigenvalue weighted by molar-refractivity contribution is 7.90. The van der Waals surface area contributed by atoms with Crippen molar-refractivity contribution < 1.29 is 13.0 Å². The highest BCUT2D eigenvalue weighted by Gasteiger charge is 2.45. The molecule has 0 saturated carbocycles. The molecule has 1 aliphatic rings. The van der Waals surface area contributed by atoms with Crippen molar-refractivity contribution in [2.75, 3.05) is 31.3 Å². The van der Waals surface area contributed by atoms with Gasteiger partial charge in [-0.25, -0.2) is 8.42 Å². The number of allylic oxidation sites excluding steroid dienone is 1. The molecule has 30 heavy (non-hydrogen) atoms. The Balaban J connectivity index is 1.96. The highest BCUT2D eigenvalue weighted by atomic mass is 32.2. The third-order valence-electron chi connectivity index (χ3n) is 6.44. The van der Waals surface area contributed by atoms with Gasteiger partial charge in [-0.15, -0.1) is 0 Å². The average molecular weight is 426 g/mol. The van der Waals surface area contributed by atoms with Gasteiger partial charge in [0.15, 0.2) is 15.5 Å². The van der Waals surface area contributed by atoms with Crippen LogP contribution in [0.25, 0.3) is 6.08 Å². The molecule has 0 saturated heterocycles. The first-order valence-corrected chi connectivity index (χ1v) is 12.5. The van der Waals surface area contributed by atoms with Gasteiger partial charge in [0, 0.05) is 42.7 Å². The highest BCUT2D eigenvalue weighted by Crippen LogP contribution is 2.43. The third kappa shape index (κ3) is 3.95. The predicted molar refractivity (Wildman–Crippen MR) is 127 cm³/mol. The maximum atomic E-state index is 12.1. The van der Waals surface area contributed by atoms with Crippen molar-refractivity contribution in [2.24, 2.45) is 0 Å². The van der Waals surface area contributed by atoms with Crippen molar-refractivity contribution in [2.45, 2.75) is 44.4 Å². The zero-order valence-corrected chi connectivity index (χ0v) is 19.8. The van der Waals surface area contributed by atoms with E-state index in [4.69, 9.17) is 0 Å². The SMILES string of the molecule is CCN(CC)c1ccc(/C=C/C2=[N+](C)c3ccc(S(C)(=O)=O)cc3C2(C)CC)cc1. The van der Waals surface area contributed by atoms with Gasteiger partial charge in [-0.2, -0.15) is 4.58 Å². The lowest BCUT2D eigenvalue weighted by molar-refractivity contribution is -0.401. The van der Waals surface area contributed by atoms with Gasteiger partial charge in [-0.05, 0) is 63.1 Å². The van der Waals surface area contributed by atoms with Crippen LogP contribution in [0, 0.1) is 0 Å². The van der Waals surface area contributed by atoms with E-state index in [1.54, 1.807) is 6.07 Å². The summed E-state index contributed by atoms with van der Waals surface area (Å²) >= 11 is 0. The molecule has 5 heteroatoms. The van der Waals surface area contributed by atoms with Gasteiger partial charge in [0.25, 0.3) is 0 Å². The fourth-order valence-corrected chi connectivity index (χ4v) is 4.99. The molecular weight excluding hydrogens is 392 g/mol. The van der Waals surface area contributed by atoms with Crippen LogP contribution in [-0.2, 0) is 15.3 Å². The maximum absolute atomic E-state index is 12.1. The van der Waals surface area contributed by atoms with Gasteiger partial charge in [0.2, 0.25) is 5.69 Å². The largest absolute Gasteiger partial charge is 0.372 e. The van der Waals surface area contributed by atoms with Crippen LogP contribution in [0.2, 0.25) is 0 Å². The molecule has 3 rings (SSSR count). The summed E-state index contributed by atoms with van der Waals surface area (Å²) in [6.07, 6.45) is 6.48. The Kier molecular flexibility index (Phi) is 6.23. The lowest BCUT2D eigenvalue weighted by Crippen LogP contribution is -2.29. The average Bonchev–Trinajstić information content (AvgIpc) is 2.94. The quantitative estimate of drug-likeness (QED) is 0.583. The number of benzene rings is 2. The smallest absolute Gasteiger partial charge is 0.209 e. The van der Waals surface area contributed by atoms with Crippen LogP contribution in [0.4, 0.5) is 11.4 Å². The molecule has 2 aromatic rings. The molecule has 0 N–H and O–H groups in total. The summed E-state index contributed by atoms with van der Waals surface area (Å²) in [7, 11) is -1.18. The Morgan fingerprint density at radius 3 is 2.17 bits per heavy atom. The molecule has 0 aromatic heterocycles. The first-order valence-electron chi connectivity index (χ1n) is 10.6. The Bertz CT molecular complexity index is 1090. The number of sulfone groups is 1. The normalized spacial score (nSPS) is 18.9. The van der Waals surface area contributed by atoms with Crippen molar-refractivity contribution in [1.29, 1.82) is 0 Å². The molecule has 0 radical (unpaired) electrons. The Morgan fingerprint density at radius 1 is 1.00 bits per heavy atom. The molecule has 1 heterocycles. The maximum Gasteiger partial charge on any atom is 0.209 e. The fraction of sp³-hybridized carbons (Fsp3) is 0.400. The number of hydrogen-bond donors (Lipinski definition) is 0. The minimum absolute atomic E-state index is 0.234. The number of hydrogen-bond acceptors (Lipinski definition) is 3. The summed E-state index contributed by atoms with van der Waals surface area (Å²) in [6, 6.07) is 14.1. The van der Waals surface area contributed by atoms with Crippen LogP contribution >= 0.6 is 0 Å². The van der Waals surface area contributed by atoms with Crippen LogP contribution in [0.5, 0.6) is 0 Å². The van der Waals surface area contributed by atoms with Crippen LogP contribution in [0.15, 0.2) is 53.4 Å². The second-order valence-corrected chi connectivity index (χ2v) is 10.2. The fourth-order valence-electron chi connectivity index (χ4n) is 4.35. The molecule has 2 aromatic carbocycles. The number of rotatable bonds is 7. The van der Waals surface area contributed by atoms with E-state index in [0.717, 1.165) is 36.3 Å². The number of nitrogens with zero attached hydrogens (tertiary/aromatic N) is 2.